The topological polar surface area (TPSA) is 201 Å². The van der Waals surface area contributed by atoms with Crippen molar-refractivity contribution in [3.05, 3.63) is 90.2 Å². The number of phenolic OH excluding ortho intramolecular Hbond substituents is 1. The maximum Gasteiger partial charge on any atom is 0.245 e. The van der Waals surface area contributed by atoms with Crippen LogP contribution in [0.25, 0.3) is 22.3 Å². The predicted molar refractivity (Wildman–Crippen MR) is 217 cm³/mol. The van der Waals surface area contributed by atoms with Crippen LogP contribution in [0.2, 0.25) is 5.28 Å². The van der Waals surface area contributed by atoms with Crippen LogP contribution in [-0.2, 0) is 11.2 Å². The Kier molecular flexibility index (Phi) is 12.1. The number of anilines is 3. The van der Waals surface area contributed by atoms with E-state index in [4.69, 9.17) is 35.8 Å². The molecule has 4 aromatic heterocycles. The van der Waals surface area contributed by atoms with E-state index in [1.54, 1.807) is 39.0 Å². The Labute approximate surface area is 334 Å². The molecule has 0 radical (unpaired) electrons. The standard InChI is InChI=1S/C37H36ClN11O5S2/c1-52-25-13-11-23(18-27(25)54-3)49(15-16-55-34-29-31(41-19-39-29)44-36(38)46-34)48-37-45-32-30(40-20-42-32)35(47-37)56-28(14-9-21-7-5-4-6-8-21)33(51)43-22-10-12-24(50)26(17-22)53-2/h4-8,10-13,17-20,28,50H,9,14-16H2,1-3H3,(H,43,51)(H,39,41,44,46)(H2,40,42,45,47,48)/t28-/m1/s1. The lowest BCUT2D eigenvalue weighted by atomic mass is 10.1. The predicted octanol–water partition coefficient (Wildman–Crippen LogP) is 6.76. The molecule has 0 bridgehead atoms. The van der Waals surface area contributed by atoms with E-state index in [1.807, 2.05) is 53.5 Å². The highest BCUT2D eigenvalue weighted by atomic mass is 35.5. The van der Waals surface area contributed by atoms with E-state index in [0.29, 0.717) is 74.7 Å². The first kappa shape index (κ1) is 38.3. The number of hydrogen-bond acceptors (Lipinski definition) is 15. The minimum absolute atomic E-state index is 0.0302. The zero-order valence-corrected chi connectivity index (χ0v) is 32.7. The molecule has 0 spiro atoms. The van der Waals surface area contributed by atoms with Gasteiger partial charge in [0.15, 0.2) is 34.3 Å². The highest BCUT2D eigenvalue weighted by Crippen LogP contribution is 2.35. The fourth-order valence-electron chi connectivity index (χ4n) is 5.72. The molecule has 1 atom stereocenters. The Bertz CT molecular complexity index is 2450. The van der Waals surface area contributed by atoms with Crippen LogP contribution in [0.1, 0.15) is 12.0 Å². The highest BCUT2D eigenvalue weighted by Gasteiger charge is 2.25. The average Bonchev–Trinajstić information content (AvgIpc) is 3.90. The van der Waals surface area contributed by atoms with Gasteiger partial charge in [0.1, 0.15) is 21.1 Å². The smallest absolute Gasteiger partial charge is 0.245 e. The van der Waals surface area contributed by atoms with E-state index < -0.39 is 5.25 Å². The van der Waals surface area contributed by atoms with Crippen LogP contribution in [0, 0.1) is 0 Å². The zero-order valence-electron chi connectivity index (χ0n) is 30.3. The van der Waals surface area contributed by atoms with E-state index in [2.05, 4.69) is 40.6 Å². The number of methoxy groups -OCH3 is 3. The maximum absolute atomic E-state index is 14.0. The first-order valence-corrected chi connectivity index (χ1v) is 19.4. The molecule has 19 heteroatoms. The summed E-state index contributed by atoms with van der Waals surface area (Å²) >= 11 is 8.97. The van der Waals surface area contributed by atoms with E-state index in [0.717, 1.165) is 11.3 Å². The number of carbonyl (C=O) groups excluding carboxylic acids is 1. The Balaban J connectivity index is 1.18. The summed E-state index contributed by atoms with van der Waals surface area (Å²) in [6.07, 6.45) is 4.22. The molecule has 288 valence electrons. The fraction of sp³-hybridized carbons (Fsp3) is 0.216. The van der Waals surface area contributed by atoms with Crippen molar-refractivity contribution in [1.29, 1.82) is 0 Å². The molecule has 4 heterocycles. The number of amides is 1. The molecule has 0 aliphatic heterocycles. The van der Waals surface area contributed by atoms with Crippen LogP contribution in [0.5, 0.6) is 23.0 Å². The van der Waals surface area contributed by atoms with E-state index >= 15 is 0 Å². The normalized spacial score (nSPS) is 11.7. The molecule has 0 fully saturated rings. The minimum atomic E-state index is -0.596. The number of ether oxygens (including phenoxy) is 3. The van der Waals surface area contributed by atoms with Crippen LogP contribution in [0.3, 0.4) is 0 Å². The van der Waals surface area contributed by atoms with Crippen molar-refractivity contribution in [2.24, 2.45) is 0 Å². The van der Waals surface area contributed by atoms with Crippen molar-refractivity contribution in [2.45, 2.75) is 28.1 Å². The number of thioether (sulfide) groups is 2. The number of halogens is 1. The Hall–Kier alpha value is -5.98. The number of benzene rings is 3. The number of carbonyl (C=O) groups is 1. The molecule has 3 aromatic carbocycles. The second-order valence-electron chi connectivity index (χ2n) is 12.0. The van der Waals surface area contributed by atoms with Crippen molar-refractivity contribution in [2.75, 3.05) is 49.4 Å². The monoisotopic (exact) mass is 813 g/mol. The first-order valence-electron chi connectivity index (χ1n) is 17.2. The number of aromatic amines is 2. The van der Waals surface area contributed by atoms with E-state index in [1.165, 1.54) is 36.7 Å². The number of fused-ring (bicyclic) bond motifs is 2. The van der Waals surface area contributed by atoms with Gasteiger partial charge in [-0.05, 0) is 54.3 Å². The molecule has 7 aromatic rings. The summed E-state index contributed by atoms with van der Waals surface area (Å²) in [7, 11) is 4.60. The summed E-state index contributed by atoms with van der Waals surface area (Å²) in [5.41, 5.74) is 7.84. The number of imidazole rings is 2. The SMILES string of the molecule is COc1cc(NC(=O)[C@@H](CCc2ccccc2)Sc2nc(NN(CCSc3nc(Cl)nc4nc[nH]c34)c3ccc(OC)c(OC)c3)nc3nc[nH]c23)ccc1O. The Morgan fingerprint density at radius 1 is 0.857 bits per heavy atom. The van der Waals surface area contributed by atoms with Gasteiger partial charge in [0.2, 0.25) is 17.1 Å². The quantitative estimate of drug-likeness (QED) is 0.0212. The first-order chi connectivity index (χ1) is 27.3. The van der Waals surface area contributed by atoms with Gasteiger partial charge >= 0.3 is 0 Å². The molecule has 16 nitrogen and oxygen atoms in total. The molecule has 7 rings (SSSR count). The third-order valence-electron chi connectivity index (χ3n) is 8.48. The molecule has 5 N–H and O–H groups in total. The maximum atomic E-state index is 14.0. The summed E-state index contributed by atoms with van der Waals surface area (Å²) < 4.78 is 16.4. The molecule has 0 aliphatic carbocycles. The van der Waals surface area contributed by atoms with Gasteiger partial charge in [-0.25, -0.2) is 19.9 Å². The van der Waals surface area contributed by atoms with Crippen LogP contribution >= 0.6 is 35.1 Å². The highest BCUT2D eigenvalue weighted by molar-refractivity contribution is 8.00. The van der Waals surface area contributed by atoms with E-state index in [9.17, 15) is 9.90 Å². The van der Waals surface area contributed by atoms with Gasteiger partial charge in [-0.2, -0.15) is 9.97 Å². The van der Waals surface area contributed by atoms with Crippen LogP contribution in [0.15, 0.2) is 89.4 Å². The summed E-state index contributed by atoms with van der Waals surface area (Å²) in [4.78, 5) is 47.1. The number of aromatic nitrogens is 8. The molecule has 0 unspecified atom stereocenters. The second-order valence-corrected chi connectivity index (χ2v) is 14.6. The number of hydrazine groups is 1. The molecule has 0 saturated carbocycles. The Morgan fingerprint density at radius 3 is 2.34 bits per heavy atom. The molecule has 0 saturated heterocycles. The van der Waals surface area contributed by atoms with E-state index in [-0.39, 0.29) is 28.6 Å². The van der Waals surface area contributed by atoms with Gasteiger partial charge in [-0.3, -0.25) is 15.2 Å². The van der Waals surface area contributed by atoms with Gasteiger partial charge in [0, 0.05) is 30.1 Å². The van der Waals surface area contributed by atoms with Gasteiger partial charge in [0.05, 0.1) is 44.9 Å². The zero-order chi connectivity index (χ0) is 39.0. The molecule has 56 heavy (non-hydrogen) atoms. The number of nitrogens with zero attached hydrogens (tertiary/aromatic N) is 7. The lowest BCUT2D eigenvalue weighted by Crippen LogP contribution is -2.33. The summed E-state index contributed by atoms with van der Waals surface area (Å²) in [6, 6.07) is 20.2. The molecule has 1 amide bonds. The number of aryl methyl sites for hydroxylation is 1. The summed E-state index contributed by atoms with van der Waals surface area (Å²) in [6.45, 7) is 0.431. The number of phenols is 1. The lowest BCUT2D eigenvalue weighted by Gasteiger charge is -2.26. The van der Waals surface area contributed by atoms with Crippen molar-refractivity contribution >= 4 is 80.7 Å². The van der Waals surface area contributed by atoms with Crippen LogP contribution < -0.4 is 30.0 Å². The van der Waals surface area contributed by atoms with Gasteiger partial charge < -0.3 is 34.6 Å². The number of nitrogens with one attached hydrogen (secondary N) is 4. The number of H-pyrrole nitrogens is 2. The largest absolute Gasteiger partial charge is 0.504 e. The van der Waals surface area contributed by atoms with Gasteiger partial charge in [-0.15, -0.1) is 11.8 Å². The lowest BCUT2D eigenvalue weighted by molar-refractivity contribution is -0.115. The van der Waals surface area contributed by atoms with Crippen molar-refractivity contribution < 1.29 is 24.1 Å². The summed E-state index contributed by atoms with van der Waals surface area (Å²) in [5, 5.41) is 15.7. The third-order valence-corrected chi connectivity index (χ3v) is 10.9. The number of aromatic hydroxyl groups is 1. The van der Waals surface area contributed by atoms with Crippen LogP contribution in [-0.4, -0.2) is 89.8 Å². The number of rotatable bonds is 17. The van der Waals surface area contributed by atoms with Crippen molar-refractivity contribution in [3.63, 3.8) is 0 Å². The average molecular weight is 814 g/mol. The fourth-order valence-corrected chi connectivity index (χ4v) is 7.93. The number of hydrogen-bond donors (Lipinski definition) is 5. The molecule has 0 aliphatic rings. The molecular weight excluding hydrogens is 778 g/mol. The summed E-state index contributed by atoms with van der Waals surface area (Å²) in [5.74, 6) is 1.86. The van der Waals surface area contributed by atoms with Gasteiger partial charge in [-0.1, -0.05) is 42.1 Å². The Morgan fingerprint density at radius 2 is 1.59 bits per heavy atom. The second kappa shape index (κ2) is 17.7. The third kappa shape index (κ3) is 8.93. The van der Waals surface area contributed by atoms with Crippen molar-refractivity contribution in [1.82, 2.24) is 39.9 Å². The van der Waals surface area contributed by atoms with Crippen LogP contribution in [0.4, 0.5) is 17.3 Å². The van der Waals surface area contributed by atoms with Gasteiger partial charge in [0.25, 0.3) is 0 Å². The van der Waals surface area contributed by atoms with Crippen molar-refractivity contribution in [3.8, 4) is 23.0 Å². The molecular formula is C37H36ClN11O5S2. The minimum Gasteiger partial charge on any atom is -0.504 e.